The average molecular weight is 361 g/mol. The summed E-state index contributed by atoms with van der Waals surface area (Å²) in [7, 11) is 0. The van der Waals surface area contributed by atoms with Crippen molar-refractivity contribution in [1.29, 1.82) is 15.8 Å². The van der Waals surface area contributed by atoms with Gasteiger partial charge in [0.1, 0.15) is 29.7 Å². The van der Waals surface area contributed by atoms with Gasteiger partial charge in [-0.05, 0) is 12.1 Å². The van der Waals surface area contributed by atoms with E-state index in [-0.39, 0.29) is 10.7 Å². The average Bonchev–Trinajstić information content (AvgIpc) is 2.49. The molecule has 0 bridgehead atoms. The Labute approximate surface area is 138 Å². The van der Waals surface area contributed by atoms with Crippen molar-refractivity contribution in [3.8, 4) is 24.0 Å². The second-order valence-electron chi connectivity index (χ2n) is 3.82. The van der Waals surface area contributed by atoms with Crippen LogP contribution in [0.5, 0.6) is 5.75 Å². The third-order valence-corrected chi connectivity index (χ3v) is 2.87. The third kappa shape index (κ3) is 4.69. The fourth-order valence-corrected chi connectivity index (χ4v) is 1.49. The van der Waals surface area contributed by atoms with E-state index in [0.717, 1.165) is 18.2 Å². The van der Waals surface area contributed by atoms with Crippen molar-refractivity contribution in [1.82, 2.24) is 0 Å². The maximum Gasteiger partial charge on any atom is 0.444 e. The summed E-state index contributed by atoms with van der Waals surface area (Å²) in [4.78, 5) is 0. The smallest absolute Gasteiger partial charge is 0.429 e. The van der Waals surface area contributed by atoms with Gasteiger partial charge in [-0.1, -0.05) is 23.2 Å². The van der Waals surface area contributed by atoms with E-state index in [1.165, 1.54) is 12.1 Å². The fourth-order valence-electron chi connectivity index (χ4n) is 1.28. The molecule has 1 atom stereocenters. The van der Waals surface area contributed by atoms with Gasteiger partial charge in [0.15, 0.2) is 5.57 Å². The predicted molar refractivity (Wildman–Crippen MR) is 75.3 cm³/mol. The van der Waals surface area contributed by atoms with Crippen LogP contribution in [0.4, 0.5) is 18.9 Å². The Morgan fingerprint density at radius 2 is 1.83 bits per heavy atom. The van der Waals surface area contributed by atoms with E-state index in [0.29, 0.717) is 0 Å². The lowest BCUT2D eigenvalue weighted by atomic mass is 10.2. The molecule has 0 aliphatic rings. The molecule has 0 spiro atoms. The molecular formula is C13H5Cl2F3N4O. The van der Waals surface area contributed by atoms with E-state index >= 15 is 0 Å². The molecule has 10 heteroatoms. The number of rotatable bonds is 5. The zero-order chi connectivity index (χ0) is 17.6. The molecule has 0 fully saturated rings. The molecule has 0 aliphatic carbocycles. The van der Waals surface area contributed by atoms with Crippen LogP contribution in [-0.2, 0) is 0 Å². The highest BCUT2D eigenvalue weighted by molar-refractivity contribution is 6.33. The Hall–Kier alpha value is -2.60. The molecule has 5 nitrogen and oxygen atoms in total. The van der Waals surface area contributed by atoms with Gasteiger partial charge in [-0.2, -0.15) is 24.6 Å². The number of halogens is 5. The first-order chi connectivity index (χ1) is 10.7. The highest BCUT2D eigenvalue weighted by Gasteiger charge is 2.42. The number of ether oxygens (including phenoxy) is 1. The van der Waals surface area contributed by atoms with Gasteiger partial charge < -0.3 is 10.1 Å². The summed E-state index contributed by atoms with van der Waals surface area (Å²) in [5.74, 6) is -0.502. The van der Waals surface area contributed by atoms with Crippen LogP contribution in [0, 0.1) is 34.0 Å². The summed E-state index contributed by atoms with van der Waals surface area (Å²) in [5, 5.41) is 28.6. The molecule has 23 heavy (non-hydrogen) atoms. The SMILES string of the molecule is N#CC(C#N)=C(C#N)Nc1cc(OC(F)(F)C(F)Cl)ccc1Cl. The van der Waals surface area contributed by atoms with Gasteiger partial charge in [0.2, 0.25) is 0 Å². The Morgan fingerprint density at radius 1 is 1.22 bits per heavy atom. The van der Waals surface area contributed by atoms with Gasteiger partial charge in [0.25, 0.3) is 5.63 Å². The van der Waals surface area contributed by atoms with Crippen molar-refractivity contribution in [3.05, 3.63) is 34.5 Å². The molecule has 1 aromatic rings. The maximum atomic E-state index is 13.1. The van der Waals surface area contributed by atoms with Gasteiger partial charge in [-0.3, -0.25) is 0 Å². The topological polar surface area (TPSA) is 92.6 Å². The first kappa shape index (κ1) is 18.4. The monoisotopic (exact) mass is 360 g/mol. The highest BCUT2D eigenvalue weighted by Crippen LogP contribution is 2.33. The minimum Gasteiger partial charge on any atom is -0.429 e. The first-order valence-electron chi connectivity index (χ1n) is 5.61. The van der Waals surface area contributed by atoms with Crippen LogP contribution in [0.3, 0.4) is 0 Å². The van der Waals surface area contributed by atoms with Gasteiger partial charge in [0.05, 0.1) is 10.7 Å². The molecule has 0 amide bonds. The quantitative estimate of drug-likeness (QED) is 0.630. The molecule has 1 unspecified atom stereocenters. The van der Waals surface area contributed by atoms with Crippen molar-refractivity contribution in [2.24, 2.45) is 0 Å². The number of anilines is 1. The van der Waals surface area contributed by atoms with Crippen molar-refractivity contribution >= 4 is 28.9 Å². The number of allylic oxidation sites excluding steroid dienone is 2. The molecule has 1 aromatic carbocycles. The van der Waals surface area contributed by atoms with Gasteiger partial charge in [0, 0.05) is 6.07 Å². The fraction of sp³-hybridized carbons (Fsp3) is 0.154. The first-order valence-corrected chi connectivity index (χ1v) is 6.42. The lowest BCUT2D eigenvalue weighted by molar-refractivity contribution is -0.198. The number of hydrogen-bond donors (Lipinski definition) is 1. The molecule has 1 rings (SSSR count). The van der Waals surface area contributed by atoms with Crippen LogP contribution in [0.15, 0.2) is 29.5 Å². The molecule has 118 valence electrons. The van der Waals surface area contributed by atoms with Crippen LogP contribution >= 0.6 is 23.2 Å². The maximum absolute atomic E-state index is 13.1. The summed E-state index contributed by atoms with van der Waals surface area (Å²) in [5.41, 5.74) is -4.16. The summed E-state index contributed by atoms with van der Waals surface area (Å²) in [6.07, 6.45) is -4.29. The van der Waals surface area contributed by atoms with E-state index in [4.69, 9.17) is 27.4 Å². The van der Waals surface area contributed by atoms with Crippen LogP contribution in [-0.4, -0.2) is 11.7 Å². The number of alkyl halides is 4. The van der Waals surface area contributed by atoms with Crippen molar-refractivity contribution in [2.45, 2.75) is 11.7 Å². The van der Waals surface area contributed by atoms with Crippen molar-refractivity contribution in [2.75, 3.05) is 5.32 Å². The van der Waals surface area contributed by atoms with Gasteiger partial charge in [-0.25, -0.2) is 4.39 Å². The van der Waals surface area contributed by atoms with Crippen molar-refractivity contribution < 1.29 is 17.9 Å². The number of nitriles is 3. The number of nitrogens with one attached hydrogen (secondary N) is 1. The predicted octanol–water partition coefficient (Wildman–Crippen LogP) is 4.08. The third-order valence-electron chi connectivity index (χ3n) is 2.29. The minimum atomic E-state index is -4.29. The second kappa shape index (κ2) is 7.60. The lowest BCUT2D eigenvalue weighted by Gasteiger charge is -2.18. The lowest BCUT2D eigenvalue weighted by Crippen LogP contribution is -2.32. The Bertz CT molecular complexity index is 744. The molecule has 1 N–H and O–H groups in total. The number of hydrogen-bond acceptors (Lipinski definition) is 5. The van der Waals surface area contributed by atoms with E-state index in [2.05, 4.69) is 21.7 Å². The second-order valence-corrected chi connectivity index (χ2v) is 4.61. The largest absolute Gasteiger partial charge is 0.444 e. The van der Waals surface area contributed by atoms with Gasteiger partial charge in [-0.15, -0.1) is 0 Å². The highest BCUT2D eigenvalue weighted by atomic mass is 35.5. The van der Waals surface area contributed by atoms with Crippen LogP contribution in [0.25, 0.3) is 0 Å². The number of nitrogens with zero attached hydrogens (tertiary/aromatic N) is 3. The zero-order valence-electron chi connectivity index (χ0n) is 10.9. The Balaban J connectivity index is 3.19. The van der Waals surface area contributed by atoms with E-state index in [1.54, 1.807) is 6.07 Å². The van der Waals surface area contributed by atoms with Crippen LogP contribution in [0.2, 0.25) is 5.02 Å². The summed E-state index contributed by atoms with van der Waals surface area (Å²) in [6.45, 7) is 0. The summed E-state index contributed by atoms with van der Waals surface area (Å²) in [6, 6.07) is 7.60. The van der Waals surface area contributed by atoms with E-state index in [9.17, 15) is 13.2 Å². The number of benzene rings is 1. The standard InChI is InChI=1S/C13H5Cl2F3N4O/c14-9-2-1-8(23-13(17,18)12(15)16)3-10(9)22-11(6-21)7(4-19)5-20/h1-3,12,22H. The molecule has 0 saturated heterocycles. The Kier molecular flexibility index (Phi) is 6.10. The molecule has 0 heterocycles. The normalized spacial score (nSPS) is 11.4. The van der Waals surface area contributed by atoms with Crippen LogP contribution in [0.1, 0.15) is 0 Å². The molecule has 0 aliphatic heterocycles. The summed E-state index contributed by atoms with van der Waals surface area (Å²) >= 11 is 10.5. The molecular weight excluding hydrogens is 356 g/mol. The molecule has 0 saturated carbocycles. The van der Waals surface area contributed by atoms with E-state index in [1.807, 2.05) is 0 Å². The molecule has 0 radical (unpaired) electrons. The van der Waals surface area contributed by atoms with Crippen molar-refractivity contribution in [3.63, 3.8) is 0 Å². The van der Waals surface area contributed by atoms with E-state index < -0.39 is 28.8 Å². The Morgan fingerprint density at radius 3 is 2.30 bits per heavy atom. The summed E-state index contributed by atoms with van der Waals surface area (Å²) < 4.78 is 42.9. The van der Waals surface area contributed by atoms with Gasteiger partial charge >= 0.3 is 6.11 Å². The zero-order valence-corrected chi connectivity index (χ0v) is 12.5. The minimum absolute atomic E-state index is 0.0219. The molecule has 0 aromatic heterocycles. The van der Waals surface area contributed by atoms with Crippen LogP contribution < -0.4 is 10.1 Å².